The second kappa shape index (κ2) is 7.61. The molecule has 2 aromatic rings. The van der Waals surface area contributed by atoms with Gasteiger partial charge in [-0.15, -0.1) is 0 Å². The third-order valence-corrected chi connectivity index (χ3v) is 3.41. The van der Waals surface area contributed by atoms with Crippen LogP contribution in [0.15, 0.2) is 52.0 Å². The predicted octanol–water partition coefficient (Wildman–Crippen LogP) is 2.86. The number of methoxy groups -OCH3 is 1. The first-order valence-corrected chi connectivity index (χ1v) is 7.31. The van der Waals surface area contributed by atoms with Crippen LogP contribution in [0.2, 0.25) is 0 Å². The molecule has 5 nitrogen and oxygen atoms in total. The first-order chi connectivity index (χ1) is 10.6. The molecule has 22 heavy (non-hydrogen) atoms. The number of phenols is 1. The lowest BCUT2D eigenvalue weighted by Gasteiger charge is -2.03. The summed E-state index contributed by atoms with van der Waals surface area (Å²) in [4.78, 5) is 11.7. The Morgan fingerprint density at radius 3 is 2.68 bits per heavy atom. The van der Waals surface area contributed by atoms with Crippen molar-refractivity contribution in [2.75, 3.05) is 7.11 Å². The molecule has 0 saturated heterocycles. The molecular formula is C16H15BrN2O3. The summed E-state index contributed by atoms with van der Waals surface area (Å²) in [6.45, 7) is 0. The summed E-state index contributed by atoms with van der Waals surface area (Å²) in [5, 5.41) is 13.5. The summed E-state index contributed by atoms with van der Waals surface area (Å²) in [5.41, 5.74) is 4.00. The van der Waals surface area contributed by atoms with E-state index in [1.54, 1.807) is 12.1 Å². The van der Waals surface area contributed by atoms with Crippen molar-refractivity contribution in [2.24, 2.45) is 5.10 Å². The summed E-state index contributed by atoms with van der Waals surface area (Å²) in [6.07, 6.45) is 1.71. The Bertz CT molecular complexity index is 684. The third kappa shape index (κ3) is 4.60. The molecule has 0 unspecified atom stereocenters. The quantitative estimate of drug-likeness (QED) is 0.634. The van der Waals surface area contributed by atoms with Gasteiger partial charge in [0.15, 0.2) is 11.5 Å². The minimum absolute atomic E-state index is 0.0210. The number of rotatable bonds is 5. The summed E-state index contributed by atoms with van der Waals surface area (Å²) in [6, 6.07) is 12.4. The van der Waals surface area contributed by atoms with Crippen molar-refractivity contribution in [1.29, 1.82) is 0 Å². The third-order valence-electron chi connectivity index (χ3n) is 2.88. The van der Waals surface area contributed by atoms with Crippen LogP contribution < -0.4 is 10.2 Å². The zero-order chi connectivity index (χ0) is 15.9. The number of hydrogen-bond donors (Lipinski definition) is 2. The van der Waals surface area contributed by atoms with Crippen molar-refractivity contribution < 1.29 is 14.6 Å². The van der Waals surface area contributed by atoms with Crippen LogP contribution >= 0.6 is 15.9 Å². The molecule has 0 fully saturated rings. The monoisotopic (exact) mass is 362 g/mol. The molecule has 0 heterocycles. The number of nitrogens with zero attached hydrogens (tertiary/aromatic N) is 1. The van der Waals surface area contributed by atoms with Gasteiger partial charge in [-0.05, 0) is 41.5 Å². The van der Waals surface area contributed by atoms with E-state index < -0.39 is 0 Å². The Hall–Kier alpha value is -2.34. The maximum Gasteiger partial charge on any atom is 0.244 e. The minimum atomic E-state index is -0.212. The smallest absolute Gasteiger partial charge is 0.244 e. The zero-order valence-electron chi connectivity index (χ0n) is 11.9. The van der Waals surface area contributed by atoms with Gasteiger partial charge < -0.3 is 9.84 Å². The van der Waals surface area contributed by atoms with Gasteiger partial charge in [0.05, 0.1) is 19.7 Å². The van der Waals surface area contributed by atoms with E-state index in [0.717, 1.165) is 10.0 Å². The highest BCUT2D eigenvalue weighted by Crippen LogP contribution is 2.25. The normalized spacial score (nSPS) is 10.6. The topological polar surface area (TPSA) is 70.9 Å². The maximum atomic E-state index is 11.7. The fourth-order valence-electron chi connectivity index (χ4n) is 1.79. The number of carbonyl (C=O) groups excluding carboxylic acids is 1. The van der Waals surface area contributed by atoms with Gasteiger partial charge in [-0.1, -0.05) is 28.1 Å². The molecule has 0 aliphatic carbocycles. The molecule has 2 aromatic carbocycles. The Kier molecular flexibility index (Phi) is 5.55. The van der Waals surface area contributed by atoms with Crippen LogP contribution in [0.5, 0.6) is 11.5 Å². The fourth-order valence-corrected chi connectivity index (χ4v) is 2.06. The summed E-state index contributed by atoms with van der Waals surface area (Å²) in [7, 11) is 1.48. The average Bonchev–Trinajstić information content (AvgIpc) is 2.50. The largest absolute Gasteiger partial charge is 0.504 e. The second-order valence-electron chi connectivity index (χ2n) is 4.53. The van der Waals surface area contributed by atoms with Crippen LogP contribution in [0.1, 0.15) is 11.1 Å². The first-order valence-electron chi connectivity index (χ1n) is 6.52. The van der Waals surface area contributed by atoms with E-state index in [4.69, 9.17) is 4.74 Å². The van der Waals surface area contributed by atoms with E-state index in [1.807, 2.05) is 24.3 Å². The fraction of sp³-hybridized carbons (Fsp3) is 0.125. The number of amides is 1. The number of halogens is 1. The van der Waals surface area contributed by atoms with E-state index in [1.165, 1.54) is 19.4 Å². The molecule has 114 valence electrons. The molecule has 0 aromatic heterocycles. The molecule has 0 spiro atoms. The van der Waals surface area contributed by atoms with E-state index in [-0.39, 0.29) is 18.1 Å². The van der Waals surface area contributed by atoms with Crippen LogP contribution in [-0.4, -0.2) is 24.3 Å². The summed E-state index contributed by atoms with van der Waals surface area (Å²) >= 11 is 3.34. The lowest BCUT2D eigenvalue weighted by molar-refractivity contribution is -0.120. The van der Waals surface area contributed by atoms with E-state index in [2.05, 4.69) is 26.5 Å². The van der Waals surface area contributed by atoms with Gasteiger partial charge >= 0.3 is 0 Å². The Morgan fingerprint density at radius 1 is 1.32 bits per heavy atom. The van der Waals surface area contributed by atoms with Crippen LogP contribution in [0, 0.1) is 0 Å². The van der Waals surface area contributed by atoms with Crippen LogP contribution in [0.3, 0.4) is 0 Å². The summed E-state index contributed by atoms with van der Waals surface area (Å²) in [5.74, 6) is 0.195. The second-order valence-corrected chi connectivity index (χ2v) is 5.44. The number of nitrogens with one attached hydrogen (secondary N) is 1. The van der Waals surface area contributed by atoms with Gasteiger partial charge in [-0.3, -0.25) is 4.79 Å². The number of aromatic hydroxyl groups is 1. The number of benzene rings is 2. The minimum Gasteiger partial charge on any atom is -0.504 e. The summed E-state index contributed by atoms with van der Waals surface area (Å²) < 4.78 is 5.92. The van der Waals surface area contributed by atoms with Crippen molar-refractivity contribution in [3.05, 3.63) is 58.1 Å². The van der Waals surface area contributed by atoms with Gasteiger partial charge in [0.2, 0.25) is 5.91 Å². The van der Waals surface area contributed by atoms with E-state index in [0.29, 0.717) is 11.3 Å². The molecule has 0 radical (unpaired) electrons. The molecule has 0 saturated carbocycles. The Balaban J connectivity index is 1.90. The van der Waals surface area contributed by atoms with Gasteiger partial charge in [0.25, 0.3) is 0 Å². The highest BCUT2D eigenvalue weighted by molar-refractivity contribution is 9.10. The SMILES string of the molecule is COc1ccc(/C=N\NC(=O)Cc2ccc(Br)cc2)cc1O. The van der Waals surface area contributed by atoms with E-state index in [9.17, 15) is 9.90 Å². The standard InChI is InChI=1S/C16H15BrN2O3/c1-22-15-7-4-12(8-14(15)20)10-18-19-16(21)9-11-2-5-13(17)6-3-11/h2-8,10,20H,9H2,1H3,(H,19,21)/b18-10-. The average molecular weight is 363 g/mol. The lowest BCUT2D eigenvalue weighted by Crippen LogP contribution is -2.19. The molecule has 0 atom stereocenters. The molecule has 2 N–H and O–H groups in total. The number of phenolic OH excluding ortho intramolecular Hbond substituents is 1. The van der Waals surface area contributed by atoms with Crippen molar-refractivity contribution in [3.63, 3.8) is 0 Å². The van der Waals surface area contributed by atoms with Crippen molar-refractivity contribution in [3.8, 4) is 11.5 Å². The highest BCUT2D eigenvalue weighted by atomic mass is 79.9. The van der Waals surface area contributed by atoms with Gasteiger partial charge in [0.1, 0.15) is 0 Å². The number of hydrazone groups is 1. The zero-order valence-corrected chi connectivity index (χ0v) is 13.5. The molecule has 0 aliphatic rings. The highest BCUT2D eigenvalue weighted by Gasteiger charge is 2.03. The van der Waals surface area contributed by atoms with Gasteiger partial charge in [-0.2, -0.15) is 5.10 Å². The molecule has 1 amide bonds. The van der Waals surface area contributed by atoms with E-state index >= 15 is 0 Å². The Morgan fingerprint density at radius 2 is 2.05 bits per heavy atom. The van der Waals surface area contributed by atoms with Gasteiger partial charge in [-0.25, -0.2) is 5.43 Å². The number of ether oxygens (including phenoxy) is 1. The van der Waals surface area contributed by atoms with Crippen molar-refractivity contribution >= 4 is 28.1 Å². The van der Waals surface area contributed by atoms with Gasteiger partial charge in [0, 0.05) is 4.47 Å². The first kappa shape index (κ1) is 16.0. The molecule has 0 aliphatic heterocycles. The van der Waals surface area contributed by atoms with Crippen LogP contribution in [-0.2, 0) is 11.2 Å². The molecule has 0 bridgehead atoms. The Labute approximate surface area is 136 Å². The molecule has 2 rings (SSSR count). The van der Waals surface area contributed by atoms with Crippen LogP contribution in [0.4, 0.5) is 0 Å². The van der Waals surface area contributed by atoms with Crippen molar-refractivity contribution in [1.82, 2.24) is 5.43 Å². The van der Waals surface area contributed by atoms with Crippen molar-refractivity contribution in [2.45, 2.75) is 6.42 Å². The lowest BCUT2D eigenvalue weighted by atomic mass is 10.1. The maximum absolute atomic E-state index is 11.7. The number of carbonyl (C=O) groups is 1. The predicted molar refractivity (Wildman–Crippen MR) is 88.2 cm³/mol. The molecule has 6 heteroatoms. The van der Waals surface area contributed by atoms with Crippen LogP contribution in [0.25, 0.3) is 0 Å². The molecular weight excluding hydrogens is 348 g/mol. The number of hydrogen-bond acceptors (Lipinski definition) is 4.